The molecule has 0 bridgehead atoms. The molecule has 0 saturated carbocycles. The maximum Gasteiger partial charge on any atom is 0.258 e. The van der Waals surface area contributed by atoms with E-state index < -0.39 is 6.04 Å². The standard InChI is InChI=1S/C12H14N4O2/c13-15-11(17)9-5-6-10-14-8-4-2-1-3-7(8)12(18)16(9)10/h1-4,9-10,14H,5-6,13H2,(H,15,17)/t9-,10+/m0/s1. The molecule has 18 heavy (non-hydrogen) atoms. The quantitative estimate of drug-likeness (QED) is 0.371. The highest BCUT2D eigenvalue weighted by Crippen LogP contribution is 2.33. The summed E-state index contributed by atoms with van der Waals surface area (Å²) in [4.78, 5) is 25.7. The van der Waals surface area contributed by atoms with Gasteiger partial charge in [0.25, 0.3) is 11.8 Å². The van der Waals surface area contributed by atoms with E-state index in [1.54, 1.807) is 11.0 Å². The van der Waals surface area contributed by atoms with Crippen LogP contribution in [0, 0.1) is 0 Å². The minimum atomic E-state index is -0.478. The lowest BCUT2D eigenvalue weighted by atomic mass is 10.1. The second-order valence-corrected chi connectivity index (χ2v) is 4.52. The fourth-order valence-corrected chi connectivity index (χ4v) is 2.70. The van der Waals surface area contributed by atoms with Crippen molar-refractivity contribution in [2.45, 2.75) is 25.0 Å². The molecule has 0 spiro atoms. The number of rotatable bonds is 1. The van der Waals surface area contributed by atoms with Crippen molar-refractivity contribution >= 4 is 17.5 Å². The molecule has 1 fully saturated rings. The Balaban J connectivity index is 1.98. The van der Waals surface area contributed by atoms with E-state index in [4.69, 9.17) is 5.84 Å². The van der Waals surface area contributed by atoms with E-state index in [9.17, 15) is 9.59 Å². The predicted octanol–water partition coefficient (Wildman–Crippen LogP) is 0.0327. The number of hydrogen-bond acceptors (Lipinski definition) is 4. The van der Waals surface area contributed by atoms with Crippen molar-refractivity contribution in [1.29, 1.82) is 0 Å². The first kappa shape index (κ1) is 11.0. The summed E-state index contributed by atoms with van der Waals surface area (Å²) in [5.74, 6) is 4.73. The third-order valence-electron chi connectivity index (χ3n) is 3.54. The highest BCUT2D eigenvalue weighted by Gasteiger charge is 2.44. The second-order valence-electron chi connectivity index (χ2n) is 4.52. The van der Waals surface area contributed by atoms with Crippen LogP contribution in [0.2, 0.25) is 0 Å². The van der Waals surface area contributed by atoms with Gasteiger partial charge in [0.1, 0.15) is 12.2 Å². The minimum absolute atomic E-state index is 0.111. The van der Waals surface area contributed by atoms with Crippen LogP contribution in [0.15, 0.2) is 24.3 Å². The number of hydrazine groups is 1. The van der Waals surface area contributed by atoms with Crippen LogP contribution in [0.1, 0.15) is 23.2 Å². The van der Waals surface area contributed by atoms with Gasteiger partial charge in [-0.3, -0.25) is 15.0 Å². The number of para-hydroxylation sites is 1. The molecule has 2 atom stereocenters. The average Bonchev–Trinajstić information content (AvgIpc) is 2.82. The lowest BCUT2D eigenvalue weighted by molar-refractivity contribution is -0.125. The van der Waals surface area contributed by atoms with Gasteiger partial charge in [0.2, 0.25) is 0 Å². The van der Waals surface area contributed by atoms with E-state index in [0.717, 1.165) is 12.1 Å². The Morgan fingerprint density at radius 1 is 1.39 bits per heavy atom. The number of nitrogens with one attached hydrogen (secondary N) is 2. The first-order valence-electron chi connectivity index (χ1n) is 5.91. The van der Waals surface area contributed by atoms with Crippen LogP contribution in [-0.2, 0) is 4.79 Å². The lowest BCUT2D eigenvalue weighted by Gasteiger charge is -2.35. The van der Waals surface area contributed by atoms with Crippen LogP contribution >= 0.6 is 0 Å². The van der Waals surface area contributed by atoms with Crippen LogP contribution in [0.3, 0.4) is 0 Å². The zero-order valence-corrected chi connectivity index (χ0v) is 9.72. The molecule has 2 amide bonds. The molecule has 1 aromatic carbocycles. The maximum atomic E-state index is 12.4. The first-order valence-corrected chi connectivity index (χ1v) is 5.91. The Bertz CT molecular complexity index is 517. The summed E-state index contributed by atoms with van der Waals surface area (Å²) in [5, 5.41) is 3.28. The Kier molecular flexibility index (Phi) is 2.45. The number of nitrogens with two attached hydrogens (primary N) is 1. The smallest absolute Gasteiger partial charge is 0.258 e. The van der Waals surface area contributed by atoms with Crippen molar-refractivity contribution in [3.8, 4) is 0 Å². The van der Waals surface area contributed by atoms with Gasteiger partial charge in [-0.1, -0.05) is 12.1 Å². The summed E-state index contributed by atoms with van der Waals surface area (Å²) in [6.45, 7) is 0. The third-order valence-corrected chi connectivity index (χ3v) is 3.54. The third kappa shape index (κ3) is 1.46. The summed E-state index contributed by atoms with van der Waals surface area (Å²) in [5.41, 5.74) is 3.56. The van der Waals surface area contributed by atoms with Crippen LogP contribution in [0.5, 0.6) is 0 Å². The van der Waals surface area contributed by atoms with Crippen molar-refractivity contribution in [3.63, 3.8) is 0 Å². The Hall–Kier alpha value is -2.08. The summed E-state index contributed by atoms with van der Waals surface area (Å²) < 4.78 is 0. The number of nitrogens with zero attached hydrogens (tertiary/aromatic N) is 1. The number of carbonyl (C=O) groups excluding carboxylic acids is 2. The zero-order valence-electron chi connectivity index (χ0n) is 9.72. The number of benzene rings is 1. The topological polar surface area (TPSA) is 87.5 Å². The van der Waals surface area contributed by atoms with Gasteiger partial charge in [0.15, 0.2) is 0 Å². The van der Waals surface area contributed by atoms with E-state index in [0.29, 0.717) is 12.0 Å². The van der Waals surface area contributed by atoms with Gasteiger partial charge in [-0.2, -0.15) is 0 Å². The van der Waals surface area contributed by atoms with E-state index >= 15 is 0 Å². The van der Waals surface area contributed by atoms with E-state index in [-0.39, 0.29) is 18.0 Å². The molecule has 0 unspecified atom stereocenters. The van der Waals surface area contributed by atoms with Gasteiger partial charge in [-0.25, -0.2) is 5.84 Å². The van der Waals surface area contributed by atoms with Crippen molar-refractivity contribution < 1.29 is 9.59 Å². The lowest BCUT2D eigenvalue weighted by Crippen LogP contribution is -2.54. The molecule has 6 heteroatoms. The van der Waals surface area contributed by atoms with Gasteiger partial charge in [-0.05, 0) is 25.0 Å². The molecular weight excluding hydrogens is 232 g/mol. The molecule has 2 aliphatic rings. The van der Waals surface area contributed by atoms with Crippen LogP contribution in [0.4, 0.5) is 5.69 Å². The highest BCUT2D eigenvalue weighted by molar-refractivity contribution is 6.04. The Morgan fingerprint density at radius 2 is 2.17 bits per heavy atom. The summed E-state index contributed by atoms with van der Waals surface area (Å²) in [7, 11) is 0. The SMILES string of the molecule is NNC(=O)[C@@H]1CC[C@@H]2Nc3ccccc3C(=O)N21. The van der Waals surface area contributed by atoms with Crippen LogP contribution in [-0.4, -0.2) is 28.9 Å². The molecule has 0 aromatic heterocycles. The van der Waals surface area contributed by atoms with Crippen LogP contribution < -0.4 is 16.6 Å². The number of hydrogen-bond donors (Lipinski definition) is 3. The summed E-state index contributed by atoms with van der Waals surface area (Å²) >= 11 is 0. The minimum Gasteiger partial charge on any atom is -0.364 e. The molecule has 1 aromatic rings. The van der Waals surface area contributed by atoms with Crippen molar-refractivity contribution in [2.75, 3.05) is 5.32 Å². The summed E-state index contributed by atoms with van der Waals surface area (Å²) in [6, 6.07) is 6.85. The average molecular weight is 246 g/mol. The second kappa shape index (κ2) is 3.99. The highest BCUT2D eigenvalue weighted by atomic mass is 16.2. The normalized spacial score (nSPS) is 25.2. The fraction of sp³-hybridized carbons (Fsp3) is 0.333. The Morgan fingerprint density at radius 3 is 2.94 bits per heavy atom. The number of carbonyl (C=O) groups is 2. The van der Waals surface area contributed by atoms with Gasteiger partial charge in [-0.15, -0.1) is 0 Å². The van der Waals surface area contributed by atoms with E-state index in [1.165, 1.54) is 0 Å². The molecule has 0 aliphatic carbocycles. The van der Waals surface area contributed by atoms with Crippen molar-refractivity contribution in [3.05, 3.63) is 29.8 Å². The largest absolute Gasteiger partial charge is 0.364 e. The molecular formula is C12H14N4O2. The first-order chi connectivity index (χ1) is 8.72. The van der Waals surface area contributed by atoms with E-state index in [1.807, 2.05) is 18.2 Å². The fourth-order valence-electron chi connectivity index (χ4n) is 2.70. The van der Waals surface area contributed by atoms with Gasteiger partial charge < -0.3 is 10.2 Å². The van der Waals surface area contributed by atoms with Gasteiger partial charge >= 0.3 is 0 Å². The molecule has 4 N–H and O–H groups in total. The molecule has 94 valence electrons. The van der Waals surface area contributed by atoms with Crippen LogP contribution in [0.25, 0.3) is 0 Å². The maximum absolute atomic E-state index is 12.4. The van der Waals surface area contributed by atoms with Gasteiger partial charge in [0.05, 0.1) is 5.56 Å². The zero-order chi connectivity index (χ0) is 12.7. The molecule has 0 radical (unpaired) electrons. The summed E-state index contributed by atoms with van der Waals surface area (Å²) in [6.07, 6.45) is 1.26. The molecule has 2 heterocycles. The monoisotopic (exact) mass is 246 g/mol. The van der Waals surface area contributed by atoms with E-state index in [2.05, 4.69) is 10.7 Å². The predicted molar refractivity (Wildman–Crippen MR) is 65.4 cm³/mol. The number of anilines is 1. The molecule has 2 aliphatic heterocycles. The van der Waals surface area contributed by atoms with Crippen molar-refractivity contribution in [1.82, 2.24) is 10.3 Å². The van der Waals surface area contributed by atoms with Gasteiger partial charge in [0, 0.05) is 5.69 Å². The number of amides is 2. The Labute approximate surface area is 104 Å². The molecule has 3 rings (SSSR count). The molecule has 1 saturated heterocycles. The van der Waals surface area contributed by atoms with Crippen molar-refractivity contribution in [2.24, 2.45) is 5.84 Å². The molecule has 6 nitrogen and oxygen atoms in total. The number of fused-ring (bicyclic) bond motifs is 2.